The number of hydrogen-bond acceptors (Lipinski definition) is 11. The molecular weight excluding hydrogens is 711 g/mol. The predicted octanol–water partition coefficient (Wildman–Crippen LogP) is 6.07. The fourth-order valence-electron chi connectivity index (χ4n) is 6.94. The van der Waals surface area contributed by atoms with Crippen LogP contribution in [-0.2, 0) is 34.2 Å². The predicted molar refractivity (Wildman–Crippen MR) is 205 cm³/mol. The highest BCUT2D eigenvalue weighted by molar-refractivity contribution is 8.00. The fraction of sp³-hybridized carbons (Fsp3) is 0.325. The van der Waals surface area contributed by atoms with Crippen LogP contribution in [0.1, 0.15) is 56.0 Å². The molecule has 3 aliphatic heterocycles. The summed E-state index contributed by atoms with van der Waals surface area (Å²) in [6.45, 7) is 5.95. The van der Waals surface area contributed by atoms with Gasteiger partial charge < -0.3 is 24.9 Å². The number of rotatable bonds is 11. The molecule has 2 N–H and O–H groups in total. The molecule has 1 unspecified atom stereocenters. The number of fused-ring (bicyclic) bond motifs is 1. The van der Waals surface area contributed by atoms with Gasteiger partial charge in [-0.3, -0.25) is 14.5 Å². The minimum atomic E-state index is -0.906. The molecule has 7 rings (SSSR count). The van der Waals surface area contributed by atoms with Crippen LogP contribution in [0.2, 0.25) is 0 Å². The van der Waals surface area contributed by atoms with Gasteiger partial charge in [0.15, 0.2) is 10.8 Å². The zero-order chi connectivity index (χ0) is 37.2. The van der Waals surface area contributed by atoms with E-state index in [1.54, 1.807) is 26.2 Å². The van der Waals surface area contributed by atoms with E-state index >= 15 is 0 Å². The third kappa shape index (κ3) is 7.20. The average molecular weight is 752 g/mol. The lowest BCUT2D eigenvalue weighted by Gasteiger charge is -2.50. The average Bonchev–Trinajstić information content (AvgIpc) is 3.88. The number of β-lactam (4-membered cyclic amide) rings is 1. The first-order valence-corrected chi connectivity index (χ1v) is 19.4. The van der Waals surface area contributed by atoms with E-state index in [1.165, 1.54) is 35.1 Å². The number of carbonyl (C=O) groups excluding carboxylic acids is 3. The number of thioether (sulfide) groups is 1. The highest BCUT2D eigenvalue weighted by atomic mass is 32.2. The molecule has 11 nitrogen and oxygen atoms in total. The van der Waals surface area contributed by atoms with Crippen molar-refractivity contribution in [2.24, 2.45) is 5.16 Å². The minimum absolute atomic E-state index is 0.0865. The third-order valence-electron chi connectivity index (χ3n) is 9.25. The molecule has 13 heteroatoms. The lowest BCUT2D eigenvalue weighted by Crippen LogP contribution is -2.71. The van der Waals surface area contributed by atoms with E-state index in [1.807, 2.05) is 54.6 Å². The number of thiazole rings is 1. The molecule has 4 aromatic rings. The van der Waals surface area contributed by atoms with Crippen LogP contribution in [0.15, 0.2) is 113 Å². The second-order valence-corrected chi connectivity index (χ2v) is 15.8. The van der Waals surface area contributed by atoms with Crippen LogP contribution in [0.4, 0.5) is 5.13 Å². The maximum absolute atomic E-state index is 13.9. The van der Waals surface area contributed by atoms with Crippen molar-refractivity contribution in [3.05, 3.63) is 130 Å². The molecule has 0 saturated carbocycles. The number of aromatic nitrogens is 1. The van der Waals surface area contributed by atoms with Crippen LogP contribution in [0.25, 0.3) is 0 Å². The lowest BCUT2D eigenvalue weighted by molar-refractivity contribution is -0.159. The zero-order valence-corrected chi connectivity index (χ0v) is 31.5. The van der Waals surface area contributed by atoms with Crippen molar-refractivity contribution >= 4 is 51.7 Å². The first-order chi connectivity index (χ1) is 25.6. The Bertz CT molecular complexity index is 1930. The number of nitrogens with zero attached hydrogens (tertiary/aromatic N) is 3. The number of amides is 2. The normalized spacial score (nSPS) is 20.4. The van der Waals surface area contributed by atoms with E-state index in [0.717, 1.165) is 35.1 Å². The lowest BCUT2D eigenvalue weighted by atomic mass is 9.77. The SMILES string of the molecule is CO/N=C(\C(=O)N[C@@H]1C(=O)N2C(C(=O)OC(C)(C)C)=C(C3CCCO3)CS[C@H]12)c1csc(NC(c2ccccc2)(c2ccccc2)c2ccccc2)n1. The van der Waals surface area contributed by atoms with Crippen LogP contribution in [0.3, 0.4) is 0 Å². The molecule has 3 aromatic carbocycles. The molecule has 4 heterocycles. The Morgan fingerprint density at radius 1 is 0.943 bits per heavy atom. The Balaban J connectivity index is 1.15. The summed E-state index contributed by atoms with van der Waals surface area (Å²) in [5, 5.41) is 12.4. The van der Waals surface area contributed by atoms with Crippen molar-refractivity contribution in [2.75, 3.05) is 24.8 Å². The second-order valence-electron chi connectivity index (χ2n) is 13.9. The van der Waals surface area contributed by atoms with Gasteiger partial charge in [0, 0.05) is 17.7 Å². The maximum atomic E-state index is 13.9. The molecule has 0 bridgehead atoms. The van der Waals surface area contributed by atoms with Gasteiger partial charge in [-0.25, -0.2) is 9.78 Å². The van der Waals surface area contributed by atoms with Gasteiger partial charge in [0.05, 0.1) is 6.10 Å². The Hall–Kier alpha value is -4.98. The van der Waals surface area contributed by atoms with Crippen molar-refractivity contribution in [3.8, 4) is 0 Å². The van der Waals surface area contributed by atoms with Gasteiger partial charge in [0.2, 0.25) is 0 Å². The van der Waals surface area contributed by atoms with Crippen molar-refractivity contribution in [1.29, 1.82) is 0 Å². The molecular formula is C40H41N5O6S2. The number of ether oxygens (including phenoxy) is 2. The van der Waals surface area contributed by atoms with Crippen molar-refractivity contribution in [3.63, 3.8) is 0 Å². The van der Waals surface area contributed by atoms with Crippen LogP contribution in [0.5, 0.6) is 0 Å². The number of oxime groups is 1. The van der Waals surface area contributed by atoms with Gasteiger partial charge in [-0.1, -0.05) is 96.2 Å². The summed E-state index contributed by atoms with van der Waals surface area (Å²) in [7, 11) is 1.35. The molecule has 2 fully saturated rings. The highest BCUT2D eigenvalue weighted by Gasteiger charge is 2.56. The van der Waals surface area contributed by atoms with E-state index in [4.69, 9.17) is 19.3 Å². The second kappa shape index (κ2) is 15.2. The van der Waals surface area contributed by atoms with Crippen LogP contribution in [0, 0.1) is 0 Å². The number of hydrogen-bond donors (Lipinski definition) is 2. The summed E-state index contributed by atoms with van der Waals surface area (Å²) in [5.41, 5.74) is 2.55. The molecule has 0 radical (unpaired) electrons. The molecule has 1 aromatic heterocycles. The minimum Gasteiger partial charge on any atom is -0.455 e. The first kappa shape index (κ1) is 36.4. The number of nitrogens with one attached hydrogen (secondary N) is 2. The summed E-state index contributed by atoms with van der Waals surface area (Å²) in [5.74, 6) is -1.15. The Morgan fingerprint density at radius 3 is 2.08 bits per heavy atom. The highest BCUT2D eigenvalue weighted by Crippen LogP contribution is 2.44. The van der Waals surface area contributed by atoms with Gasteiger partial charge in [-0.15, -0.1) is 23.1 Å². The maximum Gasteiger partial charge on any atom is 0.355 e. The fourth-order valence-corrected chi connectivity index (χ4v) is 9.10. The van der Waals surface area contributed by atoms with Crippen molar-refractivity contribution in [2.45, 2.75) is 62.3 Å². The van der Waals surface area contributed by atoms with Gasteiger partial charge in [0.25, 0.3) is 11.8 Å². The summed E-state index contributed by atoms with van der Waals surface area (Å²) in [6, 6.07) is 29.5. The van der Waals surface area contributed by atoms with Gasteiger partial charge in [0.1, 0.15) is 41.1 Å². The van der Waals surface area contributed by atoms with E-state index in [0.29, 0.717) is 17.5 Å². The van der Waals surface area contributed by atoms with Gasteiger partial charge >= 0.3 is 5.97 Å². The molecule has 274 valence electrons. The van der Waals surface area contributed by atoms with Crippen LogP contribution < -0.4 is 10.6 Å². The van der Waals surface area contributed by atoms with Crippen LogP contribution >= 0.6 is 23.1 Å². The van der Waals surface area contributed by atoms with Crippen molar-refractivity contribution in [1.82, 2.24) is 15.2 Å². The number of benzene rings is 3. The number of carbonyl (C=O) groups is 3. The third-order valence-corrected chi connectivity index (χ3v) is 11.3. The number of esters is 1. The molecule has 3 atom stereocenters. The molecule has 3 aliphatic rings. The monoisotopic (exact) mass is 751 g/mol. The van der Waals surface area contributed by atoms with Gasteiger partial charge in [-0.2, -0.15) is 0 Å². The van der Waals surface area contributed by atoms with E-state index in [2.05, 4.69) is 52.2 Å². The van der Waals surface area contributed by atoms with Gasteiger partial charge in [-0.05, 0) is 55.9 Å². The van der Waals surface area contributed by atoms with E-state index in [-0.39, 0.29) is 23.2 Å². The standard InChI is InChI=1S/C40H41N5O6S2/c1-39(2,3)51-37(48)33-28(30-21-14-22-50-30)23-52-36-32(35(47)45(33)36)42-34(46)31(44-49-4)29-24-53-38(41-29)43-40(25-15-8-5-9-16-25,26-17-10-6-11-18-26)27-19-12-7-13-20-27/h5-13,15-20,24,30,32,36H,14,21-23H2,1-4H3,(H,41,43)(H,42,46)/b44-31-/t30?,32-,36-/m1/s1. The summed E-state index contributed by atoms with van der Waals surface area (Å²) >= 11 is 2.80. The van der Waals surface area contributed by atoms with E-state index in [9.17, 15) is 14.4 Å². The number of anilines is 1. The Morgan fingerprint density at radius 2 is 1.55 bits per heavy atom. The first-order valence-electron chi connectivity index (χ1n) is 17.5. The molecule has 0 spiro atoms. The zero-order valence-electron chi connectivity index (χ0n) is 29.9. The largest absolute Gasteiger partial charge is 0.455 e. The Kier molecular flexibility index (Phi) is 10.4. The van der Waals surface area contributed by atoms with E-state index < -0.39 is 40.3 Å². The summed E-state index contributed by atoms with van der Waals surface area (Å²) < 4.78 is 11.7. The van der Waals surface area contributed by atoms with Crippen molar-refractivity contribution < 1.29 is 28.7 Å². The molecule has 2 amide bonds. The molecule has 2 saturated heterocycles. The topological polar surface area (TPSA) is 131 Å². The van der Waals surface area contributed by atoms with Crippen LogP contribution in [-0.4, -0.2) is 76.0 Å². The molecule has 53 heavy (non-hydrogen) atoms. The summed E-state index contributed by atoms with van der Waals surface area (Å²) in [6.07, 6.45) is 1.38. The quantitative estimate of drug-likeness (QED) is 0.0617. The molecule has 0 aliphatic carbocycles. The Labute approximate surface area is 316 Å². The smallest absolute Gasteiger partial charge is 0.355 e. The summed E-state index contributed by atoms with van der Waals surface area (Å²) in [4.78, 5) is 52.6.